The van der Waals surface area contributed by atoms with Gasteiger partial charge in [-0.05, 0) is 31.5 Å². The van der Waals surface area contributed by atoms with Gasteiger partial charge < -0.3 is 15.0 Å². The summed E-state index contributed by atoms with van der Waals surface area (Å²) >= 11 is 6.16. The van der Waals surface area contributed by atoms with Crippen LogP contribution in [0.25, 0.3) is 0 Å². The number of pyridine rings is 2. The van der Waals surface area contributed by atoms with Crippen molar-refractivity contribution in [2.24, 2.45) is 0 Å². The van der Waals surface area contributed by atoms with Gasteiger partial charge in [-0.25, -0.2) is 13.8 Å². The quantitative estimate of drug-likeness (QED) is 0.662. The molecule has 0 aromatic carbocycles. The monoisotopic (exact) mass is 452 g/mol. The molecule has 0 spiro atoms. The van der Waals surface area contributed by atoms with Gasteiger partial charge in [0.2, 0.25) is 11.8 Å². The highest BCUT2D eigenvalue weighted by molar-refractivity contribution is 6.31. The first-order valence-corrected chi connectivity index (χ1v) is 10.2. The fourth-order valence-electron chi connectivity index (χ4n) is 3.34. The van der Waals surface area contributed by atoms with Crippen molar-refractivity contribution in [2.75, 3.05) is 13.2 Å². The Hall–Kier alpha value is -2.81. The highest BCUT2D eigenvalue weighted by Crippen LogP contribution is 2.34. The van der Waals surface area contributed by atoms with Crippen LogP contribution in [0, 0.1) is 0 Å². The number of rotatable bonds is 8. The number of ether oxygens (including phenoxy) is 1. The molecule has 2 amide bonds. The first kappa shape index (κ1) is 22.9. The molecule has 0 fully saturated rings. The maximum atomic E-state index is 13.0. The number of halogens is 3. The molecule has 0 bridgehead atoms. The molecule has 1 aliphatic rings. The molecule has 0 saturated carbocycles. The molecule has 1 atom stereocenters. The van der Waals surface area contributed by atoms with E-state index < -0.39 is 18.6 Å². The first-order chi connectivity index (χ1) is 14.6. The van der Waals surface area contributed by atoms with E-state index in [1.165, 1.54) is 12.4 Å². The minimum Gasteiger partial charge on any atom is -0.470 e. The van der Waals surface area contributed by atoms with Gasteiger partial charge in [-0.2, -0.15) is 0 Å². The molecule has 7 nitrogen and oxygen atoms in total. The molecule has 1 unspecified atom stereocenters. The third kappa shape index (κ3) is 5.28. The molecule has 0 saturated heterocycles. The molecule has 0 aliphatic carbocycles. The second kappa shape index (κ2) is 9.13. The summed E-state index contributed by atoms with van der Waals surface area (Å²) in [6.45, 7) is 4.35. The molecule has 10 heteroatoms. The highest BCUT2D eigenvalue weighted by Gasteiger charge is 2.34. The third-order valence-corrected chi connectivity index (χ3v) is 5.18. The smallest absolute Gasteiger partial charge is 0.278 e. The zero-order valence-corrected chi connectivity index (χ0v) is 18.2. The van der Waals surface area contributed by atoms with E-state index in [0.717, 1.165) is 12.5 Å². The van der Waals surface area contributed by atoms with Crippen LogP contribution >= 0.6 is 11.6 Å². The van der Waals surface area contributed by atoms with E-state index in [0.29, 0.717) is 23.4 Å². The molecular formula is C21H23ClF2N4O3. The van der Waals surface area contributed by atoms with E-state index in [1.807, 2.05) is 13.8 Å². The molecule has 3 heterocycles. The number of hydrogen-bond acceptors (Lipinski definition) is 5. The van der Waals surface area contributed by atoms with Crippen LogP contribution in [-0.4, -0.2) is 45.8 Å². The van der Waals surface area contributed by atoms with E-state index in [-0.39, 0.29) is 35.7 Å². The molecule has 166 valence electrons. The number of likely N-dealkylation sites (N-methyl/N-ethyl adjacent to an activating group) is 1. The van der Waals surface area contributed by atoms with Crippen LogP contribution in [0.5, 0.6) is 5.88 Å². The second-order valence-corrected chi connectivity index (χ2v) is 7.84. The predicted molar refractivity (Wildman–Crippen MR) is 110 cm³/mol. The summed E-state index contributed by atoms with van der Waals surface area (Å²) in [5.41, 5.74) is 2.41. The lowest BCUT2D eigenvalue weighted by Gasteiger charge is -2.25. The van der Waals surface area contributed by atoms with Crippen molar-refractivity contribution in [3.8, 4) is 5.88 Å². The summed E-state index contributed by atoms with van der Waals surface area (Å²) in [6.07, 6.45) is 3.06. The number of nitrogens with zero attached hydrogens (tertiary/aromatic N) is 3. The molecule has 1 aliphatic heterocycles. The largest absolute Gasteiger partial charge is 0.470 e. The van der Waals surface area contributed by atoms with E-state index in [4.69, 9.17) is 16.3 Å². The lowest BCUT2D eigenvalue weighted by Crippen LogP contribution is -2.27. The standard InChI is InChI=1S/C21H23ClF2N4O3/c1-4-25-18(29)8-17-15-10-28(20(30)14(15)5-6-26-17)12(2)13-7-16(22)19(27-9-13)31-11-21(3,23)24/h5-7,9,12H,4,8,10-11H2,1-3H3,(H,25,29). The Labute approximate surface area is 183 Å². The summed E-state index contributed by atoms with van der Waals surface area (Å²) < 4.78 is 31.0. The van der Waals surface area contributed by atoms with Crippen molar-refractivity contribution < 1.29 is 23.1 Å². The van der Waals surface area contributed by atoms with E-state index in [9.17, 15) is 18.4 Å². The van der Waals surface area contributed by atoms with Gasteiger partial charge in [-0.3, -0.25) is 14.6 Å². The van der Waals surface area contributed by atoms with Crippen molar-refractivity contribution in [2.45, 2.75) is 45.7 Å². The van der Waals surface area contributed by atoms with Crippen molar-refractivity contribution in [3.63, 3.8) is 0 Å². The zero-order valence-electron chi connectivity index (χ0n) is 17.4. The zero-order chi connectivity index (χ0) is 22.8. The number of fused-ring (bicyclic) bond motifs is 1. The molecule has 0 radical (unpaired) electrons. The van der Waals surface area contributed by atoms with Crippen molar-refractivity contribution in [1.82, 2.24) is 20.2 Å². The fraction of sp³-hybridized carbons (Fsp3) is 0.429. The third-order valence-electron chi connectivity index (χ3n) is 4.91. The van der Waals surface area contributed by atoms with Crippen molar-refractivity contribution in [1.29, 1.82) is 0 Å². The van der Waals surface area contributed by atoms with Crippen LogP contribution < -0.4 is 10.1 Å². The normalized spacial score (nSPS) is 14.4. The van der Waals surface area contributed by atoms with Gasteiger partial charge >= 0.3 is 0 Å². The van der Waals surface area contributed by atoms with Crippen LogP contribution in [0.4, 0.5) is 8.78 Å². The number of aromatic nitrogens is 2. The van der Waals surface area contributed by atoms with Crippen LogP contribution in [-0.2, 0) is 17.8 Å². The van der Waals surface area contributed by atoms with Gasteiger partial charge in [0.25, 0.3) is 11.8 Å². The van der Waals surface area contributed by atoms with Crippen molar-refractivity contribution >= 4 is 23.4 Å². The number of amides is 2. The van der Waals surface area contributed by atoms with Gasteiger partial charge in [0, 0.05) is 43.5 Å². The average molecular weight is 453 g/mol. The topological polar surface area (TPSA) is 84.4 Å². The van der Waals surface area contributed by atoms with Gasteiger partial charge in [0.05, 0.1) is 18.2 Å². The van der Waals surface area contributed by atoms with Crippen molar-refractivity contribution in [3.05, 3.63) is 51.9 Å². The summed E-state index contributed by atoms with van der Waals surface area (Å²) in [4.78, 5) is 34.9. The Bertz CT molecular complexity index is 997. The molecule has 1 N–H and O–H groups in total. The average Bonchev–Trinajstić information content (AvgIpc) is 3.04. The first-order valence-electron chi connectivity index (χ1n) is 9.81. The lowest BCUT2D eigenvalue weighted by molar-refractivity contribution is -0.120. The molecule has 31 heavy (non-hydrogen) atoms. The summed E-state index contributed by atoms with van der Waals surface area (Å²) in [7, 11) is 0. The Morgan fingerprint density at radius 2 is 2.16 bits per heavy atom. The summed E-state index contributed by atoms with van der Waals surface area (Å²) in [6, 6.07) is 2.79. The van der Waals surface area contributed by atoms with E-state index in [1.54, 1.807) is 17.0 Å². The van der Waals surface area contributed by atoms with E-state index >= 15 is 0 Å². The Morgan fingerprint density at radius 3 is 2.81 bits per heavy atom. The molecule has 2 aromatic heterocycles. The van der Waals surface area contributed by atoms with Crippen LogP contribution in [0.15, 0.2) is 24.5 Å². The fourth-order valence-corrected chi connectivity index (χ4v) is 3.57. The lowest BCUT2D eigenvalue weighted by atomic mass is 10.1. The number of alkyl halides is 2. The van der Waals surface area contributed by atoms with E-state index in [2.05, 4.69) is 15.3 Å². The Balaban J connectivity index is 1.78. The van der Waals surface area contributed by atoms with Gasteiger partial charge in [0.15, 0.2) is 6.61 Å². The minimum atomic E-state index is -3.01. The maximum Gasteiger partial charge on any atom is 0.278 e. The highest BCUT2D eigenvalue weighted by atomic mass is 35.5. The Morgan fingerprint density at radius 1 is 1.42 bits per heavy atom. The molecule has 3 rings (SSSR count). The van der Waals surface area contributed by atoms with Gasteiger partial charge in [-0.1, -0.05) is 11.6 Å². The van der Waals surface area contributed by atoms with Crippen LogP contribution in [0.3, 0.4) is 0 Å². The number of nitrogens with one attached hydrogen (secondary N) is 1. The number of carbonyl (C=O) groups excluding carboxylic acids is 2. The number of hydrogen-bond donors (Lipinski definition) is 1. The minimum absolute atomic E-state index is 0.0800. The van der Waals surface area contributed by atoms with Crippen LogP contribution in [0.1, 0.15) is 54.0 Å². The summed E-state index contributed by atoms with van der Waals surface area (Å²) in [5, 5.41) is 2.81. The van der Waals surface area contributed by atoms with Gasteiger partial charge in [0.1, 0.15) is 5.02 Å². The summed E-state index contributed by atoms with van der Waals surface area (Å²) in [5.74, 6) is -3.45. The molecular weight excluding hydrogens is 430 g/mol. The van der Waals surface area contributed by atoms with Crippen LogP contribution in [0.2, 0.25) is 5.02 Å². The Kier molecular flexibility index (Phi) is 6.74. The molecule has 2 aromatic rings. The maximum absolute atomic E-state index is 13.0. The predicted octanol–water partition coefficient (Wildman–Crippen LogP) is 3.56. The second-order valence-electron chi connectivity index (χ2n) is 7.44. The SMILES string of the molecule is CCNC(=O)Cc1nccc2c1CN(C(C)c1cnc(OCC(C)(F)F)c(Cl)c1)C2=O. The van der Waals surface area contributed by atoms with Gasteiger partial charge in [-0.15, -0.1) is 0 Å². The number of carbonyl (C=O) groups is 2.